The normalized spacial score (nSPS) is 13.8. The van der Waals surface area contributed by atoms with Crippen LogP contribution in [0, 0.1) is 0 Å². The second-order valence-corrected chi connectivity index (χ2v) is 8.52. The van der Waals surface area contributed by atoms with Gasteiger partial charge in [0.25, 0.3) is 11.8 Å². The maximum Gasteiger partial charge on any atom is 0.253 e. The number of nitrogens with zero attached hydrogens (tertiary/aromatic N) is 2. The van der Waals surface area contributed by atoms with Crippen molar-refractivity contribution in [1.29, 1.82) is 0 Å². The molecular weight excluding hydrogens is 440 g/mol. The lowest BCUT2D eigenvalue weighted by molar-refractivity contribution is -0.117. The Morgan fingerprint density at radius 2 is 1.37 bits per heavy atom. The van der Waals surface area contributed by atoms with E-state index in [1.54, 1.807) is 24.3 Å². The Labute approximate surface area is 205 Å². The largest absolute Gasteiger partial charge is 0.352 e. The molecule has 1 aliphatic heterocycles. The van der Waals surface area contributed by atoms with Crippen molar-refractivity contribution in [3.05, 3.63) is 102 Å². The van der Waals surface area contributed by atoms with Crippen molar-refractivity contribution in [3.8, 4) is 0 Å². The van der Waals surface area contributed by atoms with Crippen LogP contribution in [0.25, 0.3) is 0 Å². The number of hydrogen-bond donors (Lipinski definition) is 2. The number of amides is 3. The summed E-state index contributed by atoms with van der Waals surface area (Å²) < 4.78 is 0. The maximum atomic E-state index is 12.7. The molecule has 0 unspecified atom stereocenters. The zero-order chi connectivity index (χ0) is 24.5. The number of carbonyl (C=O) groups excluding carboxylic acids is 3. The summed E-state index contributed by atoms with van der Waals surface area (Å²) in [6, 6.07) is 26.2. The Bertz CT molecular complexity index is 1140. The van der Waals surface area contributed by atoms with E-state index >= 15 is 0 Å². The molecule has 3 amide bonds. The lowest BCUT2D eigenvalue weighted by Crippen LogP contribution is -2.50. The first-order chi connectivity index (χ1) is 17.1. The molecule has 1 heterocycles. The lowest BCUT2D eigenvalue weighted by Gasteiger charge is -2.34. The molecule has 1 aliphatic rings. The molecule has 1 saturated heterocycles. The SMILES string of the molecule is O=C(CN1CCN(C(=O)c2ccccc2)CC1)Nc1ccccc1C(=O)NCCc1ccccc1. The van der Waals surface area contributed by atoms with Gasteiger partial charge in [-0.05, 0) is 36.2 Å². The summed E-state index contributed by atoms with van der Waals surface area (Å²) in [5.41, 5.74) is 2.76. The molecule has 0 aliphatic carbocycles. The Morgan fingerprint density at radius 1 is 0.743 bits per heavy atom. The molecule has 0 spiro atoms. The van der Waals surface area contributed by atoms with Gasteiger partial charge in [-0.1, -0.05) is 60.7 Å². The summed E-state index contributed by atoms with van der Waals surface area (Å²) >= 11 is 0. The lowest BCUT2D eigenvalue weighted by atomic mass is 10.1. The first-order valence-corrected chi connectivity index (χ1v) is 11.9. The smallest absolute Gasteiger partial charge is 0.253 e. The van der Waals surface area contributed by atoms with E-state index in [-0.39, 0.29) is 24.3 Å². The highest BCUT2D eigenvalue weighted by molar-refractivity contribution is 6.04. The monoisotopic (exact) mass is 470 g/mol. The van der Waals surface area contributed by atoms with Crippen molar-refractivity contribution in [2.75, 3.05) is 44.6 Å². The molecule has 180 valence electrons. The Morgan fingerprint density at radius 3 is 2.09 bits per heavy atom. The molecule has 0 bridgehead atoms. The van der Waals surface area contributed by atoms with Gasteiger partial charge in [0.15, 0.2) is 0 Å². The van der Waals surface area contributed by atoms with E-state index in [2.05, 4.69) is 10.6 Å². The van der Waals surface area contributed by atoms with Crippen molar-refractivity contribution in [3.63, 3.8) is 0 Å². The summed E-state index contributed by atoms with van der Waals surface area (Å²) in [6.45, 7) is 3.10. The molecule has 1 fully saturated rings. The standard InChI is InChI=1S/C28H30N4O3/c33-26(21-31-17-19-32(20-18-31)28(35)23-11-5-2-6-12-23)30-25-14-8-7-13-24(25)27(34)29-16-15-22-9-3-1-4-10-22/h1-14H,15-21H2,(H,29,34)(H,30,33). The van der Waals surface area contributed by atoms with E-state index in [9.17, 15) is 14.4 Å². The van der Waals surface area contributed by atoms with Gasteiger partial charge in [0, 0.05) is 38.3 Å². The molecule has 3 aromatic rings. The predicted molar refractivity (Wildman–Crippen MR) is 136 cm³/mol. The van der Waals surface area contributed by atoms with Gasteiger partial charge in [-0.25, -0.2) is 0 Å². The first-order valence-electron chi connectivity index (χ1n) is 11.9. The molecule has 3 aromatic carbocycles. The Hall–Kier alpha value is -3.97. The zero-order valence-corrected chi connectivity index (χ0v) is 19.7. The van der Waals surface area contributed by atoms with Crippen LogP contribution in [-0.2, 0) is 11.2 Å². The van der Waals surface area contributed by atoms with Crippen molar-refractivity contribution in [2.45, 2.75) is 6.42 Å². The molecule has 7 heteroatoms. The molecule has 0 atom stereocenters. The van der Waals surface area contributed by atoms with Crippen molar-refractivity contribution >= 4 is 23.4 Å². The Kier molecular flexibility index (Phi) is 8.25. The van der Waals surface area contributed by atoms with Crippen molar-refractivity contribution in [1.82, 2.24) is 15.1 Å². The van der Waals surface area contributed by atoms with E-state index in [4.69, 9.17) is 0 Å². The molecule has 0 saturated carbocycles. The van der Waals surface area contributed by atoms with Gasteiger partial charge >= 0.3 is 0 Å². The van der Waals surface area contributed by atoms with E-state index in [0.717, 1.165) is 12.0 Å². The number of nitrogens with one attached hydrogen (secondary N) is 2. The fourth-order valence-electron chi connectivity index (χ4n) is 4.12. The minimum atomic E-state index is -0.218. The van der Waals surface area contributed by atoms with E-state index in [1.165, 1.54) is 0 Å². The van der Waals surface area contributed by atoms with Crippen molar-refractivity contribution in [2.24, 2.45) is 0 Å². The third-order valence-corrected chi connectivity index (χ3v) is 6.04. The van der Waals surface area contributed by atoms with Crippen LogP contribution >= 0.6 is 0 Å². The fraction of sp³-hybridized carbons (Fsp3) is 0.250. The summed E-state index contributed by atoms with van der Waals surface area (Å²) in [6.07, 6.45) is 0.736. The van der Waals surface area contributed by atoms with Gasteiger partial charge in [-0.2, -0.15) is 0 Å². The number of piperazine rings is 1. The van der Waals surface area contributed by atoms with Crippen LogP contribution in [0.2, 0.25) is 0 Å². The molecular formula is C28H30N4O3. The van der Waals surface area contributed by atoms with Gasteiger partial charge in [0.2, 0.25) is 5.91 Å². The highest BCUT2D eigenvalue weighted by Gasteiger charge is 2.23. The molecule has 35 heavy (non-hydrogen) atoms. The van der Waals surface area contributed by atoms with Crippen LogP contribution in [-0.4, -0.2) is 66.8 Å². The van der Waals surface area contributed by atoms with Crippen molar-refractivity contribution < 1.29 is 14.4 Å². The van der Waals surface area contributed by atoms with Gasteiger partial charge in [0.05, 0.1) is 17.8 Å². The average molecular weight is 471 g/mol. The molecule has 0 aromatic heterocycles. The molecule has 4 rings (SSSR count). The predicted octanol–water partition coefficient (Wildman–Crippen LogP) is 3.06. The summed E-state index contributed by atoms with van der Waals surface area (Å²) in [5.74, 6) is -0.385. The number of rotatable bonds is 8. The number of hydrogen-bond acceptors (Lipinski definition) is 4. The minimum absolute atomic E-state index is 0.0157. The second kappa shape index (κ2) is 11.9. The molecule has 2 N–H and O–H groups in total. The number of benzene rings is 3. The third-order valence-electron chi connectivity index (χ3n) is 6.04. The summed E-state index contributed by atoms with van der Waals surface area (Å²) in [5, 5.41) is 5.82. The van der Waals surface area contributed by atoms with Crippen LogP contribution in [0.1, 0.15) is 26.3 Å². The second-order valence-electron chi connectivity index (χ2n) is 8.52. The highest BCUT2D eigenvalue weighted by Crippen LogP contribution is 2.16. The number of anilines is 1. The van der Waals surface area contributed by atoms with E-state index in [0.29, 0.717) is 49.5 Å². The number of para-hydroxylation sites is 1. The first kappa shape index (κ1) is 24.2. The van der Waals surface area contributed by atoms with Gasteiger partial charge in [-0.15, -0.1) is 0 Å². The summed E-state index contributed by atoms with van der Waals surface area (Å²) in [4.78, 5) is 41.9. The number of carbonyl (C=O) groups is 3. The maximum absolute atomic E-state index is 12.7. The van der Waals surface area contributed by atoms with E-state index < -0.39 is 0 Å². The fourth-order valence-corrected chi connectivity index (χ4v) is 4.12. The van der Waals surface area contributed by atoms with Crippen LogP contribution in [0.3, 0.4) is 0 Å². The van der Waals surface area contributed by atoms with Gasteiger partial charge < -0.3 is 15.5 Å². The van der Waals surface area contributed by atoms with Crippen LogP contribution in [0.5, 0.6) is 0 Å². The molecule has 7 nitrogen and oxygen atoms in total. The average Bonchev–Trinajstić information content (AvgIpc) is 2.90. The van der Waals surface area contributed by atoms with Crippen LogP contribution in [0.4, 0.5) is 5.69 Å². The zero-order valence-electron chi connectivity index (χ0n) is 19.7. The minimum Gasteiger partial charge on any atom is -0.352 e. The summed E-state index contributed by atoms with van der Waals surface area (Å²) in [7, 11) is 0. The third kappa shape index (κ3) is 6.77. The van der Waals surface area contributed by atoms with E-state index in [1.807, 2.05) is 70.5 Å². The topological polar surface area (TPSA) is 81.8 Å². The van der Waals surface area contributed by atoms with Gasteiger partial charge in [0.1, 0.15) is 0 Å². The Balaban J connectivity index is 1.26. The van der Waals surface area contributed by atoms with Crippen LogP contribution < -0.4 is 10.6 Å². The quantitative estimate of drug-likeness (QED) is 0.530. The molecule has 0 radical (unpaired) electrons. The van der Waals surface area contributed by atoms with Crippen LogP contribution in [0.15, 0.2) is 84.9 Å². The van der Waals surface area contributed by atoms with Gasteiger partial charge in [-0.3, -0.25) is 19.3 Å². The highest BCUT2D eigenvalue weighted by atomic mass is 16.2.